The van der Waals surface area contributed by atoms with E-state index in [9.17, 15) is 4.79 Å². The van der Waals surface area contributed by atoms with Gasteiger partial charge in [0.05, 0.1) is 25.4 Å². The van der Waals surface area contributed by atoms with Crippen LogP contribution in [0.4, 0.5) is 0 Å². The molecule has 2 aromatic rings. The van der Waals surface area contributed by atoms with Crippen molar-refractivity contribution >= 4 is 5.97 Å². The molecule has 1 aromatic heterocycles. The van der Waals surface area contributed by atoms with Crippen molar-refractivity contribution < 1.29 is 9.53 Å². The van der Waals surface area contributed by atoms with E-state index in [1.165, 1.54) is 12.7 Å². The smallest absolute Gasteiger partial charge is 0.310 e. The molecule has 0 N–H and O–H groups in total. The van der Waals surface area contributed by atoms with E-state index in [1.54, 1.807) is 10.9 Å². The molecule has 4 nitrogen and oxygen atoms in total. The topological polar surface area (TPSA) is 44.1 Å². The molecule has 0 aliphatic carbocycles. The van der Waals surface area contributed by atoms with Crippen LogP contribution < -0.4 is 0 Å². The van der Waals surface area contributed by atoms with Crippen LogP contribution in [0.25, 0.3) is 5.69 Å². The number of aryl methyl sites for hydroxylation is 1. The van der Waals surface area contributed by atoms with Crippen molar-refractivity contribution in [1.82, 2.24) is 9.78 Å². The van der Waals surface area contributed by atoms with Gasteiger partial charge in [-0.15, -0.1) is 0 Å². The second-order valence-corrected chi connectivity index (χ2v) is 3.88. The lowest BCUT2D eigenvalue weighted by atomic mass is 10.2. The third-order valence-electron chi connectivity index (χ3n) is 2.51. The SMILES string of the molecule is COC(=O)Cc1cnn(-c2ccc(C)cc2)c1. The highest BCUT2D eigenvalue weighted by atomic mass is 16.5. The quantitative estimate of drug-likeness (QED) is 0.756. The summed E-state index contributed by atoms with van der Waals surface area (Å²) in [4.78, 5) is 11.1. The lowest BCUT2D eigenvalue weighted by Gasteiger charge is -2.00. The molecule has 1 aromatic carbocycles. The predicted octanol–water partition coefficient (Wildman–Crippen LogP) is 1.90. The van der Waals surface area contributed by atoms with Crippen LogP contribution in [0.1, 0.15) is 11.1 Å². The number of methoxy groups -OCH3 is 1. The van der Waals surface area contributed by atoms with Gasteiger partial charge in [0.1, 0.15) is 0 Å². The Hall–Kier alpha value is -2.10. The third kappa shape index (κ3) is 2.72. The highest BCUT2D eigenvalue weighted by Gasteiger charge is 2.06. The summed E-state index contributed by atoms with van der Waals surface area (Å²) >= 11 is 0. The number of benzene rings is 1. The summed E-state index contributed by atoms with van der Waals surface area (Å²) in [7, 11) is 1.38. The molecule has 1 heterocycles. The van der Waals surface area contributed by atoms with E-state index in [0.29, 0.717) is 0 Å². The van der Waals surface area contributed by atoms with Gasteiger partial charge in [-0.05, 0) is 19.1 Å². The number of carbonyl (C=O) groups excluding carboxylic acids is 1. The van der Waals surface area contributed by atoms with E-state index in [4.69, 9.17) is 0 Å². The van der Waals surface area contributed by atoms with E-state index >= 15 is 0 Å². The Morgan fingerprint density at radius 3 is 2.71 bits per heavy atom. The zero-order valence-corrected chi connectivity index (χ0v) is 9.88. The summed E-state index contributed by atoms with van der Waals surface area (Å²) in [5.74, 6) is -0.256. The summed E-state index contributed by atoms with van der Waals surface area (Å²) in [6.45, 7) is 2.04. The monoisotopic (exact) mass is 230 g/mol. The fourth-order valence-electron chi connectivity index (χ4n) is 1.53. The number of hydrogen-bond acceptors (Lipinski definition) is 3. The first-order chi connectivity index (χ1) is 8.19. The first kappa shape index (κ1) is 11.4. The summed E-state index contributed by atoms with van der Waals surface area (Å²) in [5.41, 5.74) is 3.03. The molecule has 0 saturated carbocycles. The minimum absolute atomic E-state index is 0.252. The Kier molecular flexibility index (Phi) is 3.23. The summed E-state index contributed by atoms with van der Waals surface area (Å²) in [5, 5.41) is 4.21. The Morgan fingerprint density at radius 1 is 1.35 bits per heavy atom. The van der Waals surface area contributed by atoms with Crippen molar-refractivity contribution in [2.45, 2.75) is 13.3 Å². The van der Waals surface area contributed by atoms with Crippen LogP contribution in [0.3, 0.4) is 0 Å². The van der Waals surface area contributed by atoms with Crippen molar-refractivity contribution in [3.63, 3.8) is 0 Å². The van der Waals surface area contributed by atoms with Crippen molar-refractivity contribution in [2.75, 3.05) is 7.11 Å². The maximum Gasteiger partial charge on any atom is 0.310 e. The lowest BCUT2D eigenvalue weighted by molar-refractivity contribution is -0.139. The van der Waals surface area contributed by atoms with E-state index in [0.717, 1.165) is 11.3 Å². The normalized spacial score (nSPS) is 10.2. The molecule has 0 saturated heterocycles. The van der Waals surface area contributed by atoms with Crippen molar-refractivity contribution in [2.24, 2.45) is 0 Å². The minimum atomic E-state index is -0.256. The maximum atomic E-state index is 11.1. The molecule has 0 aliphatic heterocycles. The first-order valence-corrected chi connectivity index (χ1v) is 5.36. The van der Waals surface area contributed by atoms with Crippen molar-refractivity contribution in [3.8, 4) is 5.69 Å². The van der Waals surface area contributed by atoms with Crippen LogP contribution >= 0.6 is 0 Å². The van der Waals surface area contributed by atoms with Crippen LogP contribution in [0, 0.1) is 6.92 Å². The van der Waals surface area contributed by atoms with Crippen LogP contribution in [0.15, 0.2) is 36.7 Å². The lowest BCUT2D eigenvalue weighted by Crippen LogP contribution is -2.03. The predicted molar refractivity (Wildman–Crippen MR) is 64.0 cm³/mol. The first-order valence-electron chi connectivity index (χ1n) is 5.36. The van der Waals surface area contributed by atoms with Crippen LogP contribution in [-0.4, -0.2) is 22.9 Å². The molecule has 0 aliphatic rings. The molecule has 0 amide bonds. The van der Waals surface area contributed by atoms with Gasteiger partial charge < -0.3 is 4.74 Å². The number of carbonyl (C=O) groups is 1. The van der Waals surface area contributed by atoms with Gasteiger partial charge in [0, 0.05) is 11.8 Å². The van der Waals surface area contributed by atoms with E-state index < -0.39 is 0 Å². The van der Waals surface area contributed by atoms with E-state index in [-0.39, 0.29) is 12.4 Å². The highest BCUT2D eigenvalue weighted by molar-refractivity contribution is 5.72. The standard InChI is InChI=1S/C13H14N2O2/c1-10-3-5-12(6-4-10)15-9-11(8-14-15)7-13(16)17-2/h3-6,8-9H,7H2,1-2H3. The Morgan fingerprint density at radius 2 is 2.06 bits per heavy atom. The molecule has 0 fully saturated rings. The third-order valence-corrected chi connectivity index (χ3v) is 2.51. The maximum absolute atomic E-state index is 11.1. The zero-order chi connectivity index (χ0) is 12.3. The summed E-state index contributed by atoms with van der Waals surface area (Å²) in [6.07, 6.45) is 3.76. The van der Waals surface area contributed by atoms with Gasteiger partial charge in [-0.1, -0.05) is 17.7 Å². The van der Waals surface area contributed by atoms with Crippen molar-refractivity contribution in [3.05, 3.63) is 47.8 Å². The zero-order valence-electron chi connectivity index (χ0n) is 9.88. The Bertz CT molecular complexity index is 514. The number of rotatable bonds is 3. The molecule has 88 valence electrons. The van der Waals surface area contributed by atoms with E-state index in [2.05, 4.69) is 9.84 Å². The number of esters is 1. The summed E-state index contributed by atoms with van der Waals surface area (Å²) in [6, 6.07) is 8.03. The molecule has 0 radical (unpaired) electrons. The molecule has 17 heavy (non-hydrogen) atoms. The largest absolute Gasteiger partial charge is 0.469 e. The Balaban J connectivity index is 2.18. The van der Waals surface area contributed by atoms with Gasteiger partial charge in [0.15, 0.2) is 0 Å². The molecular formula is C13H14N2O2. The minimum Gasteiger partial charge on any atom is -0.469 e. The molecule has 2 rings (SSSR count). The van der Waals surface area contributed by atoms with E-state index in [1.807, 2.05) is 37.4 Å². The average Bonchev–Trinajstić information content (AvgIpc) is 2.78. The van der Waals surface area contributed by atoms with Gasteiger partial charge in [-0.2, -0.15) is 5.10 Å². The Labute approximate surface area is 99.8 Å². The number of hydrogen-bond donors (Lipinski definition) is 0. The van der Waals surface area contributed by atoms with Crippen LogP contribution in [0.2, 0.25) is 0 Å². The summed E-state index contributed by atoms with van der Waals surface area (Å²) < 4.78 is 6.36. The number of aromatic nitrogens is 2. The fraction of sp³-hybridized carbons (Fsp3) is 0.231. The molecule has 0 unspecified atom stereocenters. The molecule has 4 heteroatoms. The van der Waals surface area contributed by atoms with Crippen LogP contribution in [0.5, 0.6) is 0 Å². The van der Waals surface area contributed by atoms with Gasteiger partial charge in [-0.25, -0.2) is 4.68 Å². The van der Waals surface area contributed by atoms with Gasteiger partial charge in [0.2, 0.25) is 0 Å². The molecule has 0 atom stereocenters. The van der Waals surface area contributed by atoms with Crippen molar-refractivity contribution in [1.29, 1.82) is 0 Å². The van der Waals surface area contributed by atoms with Gasteiger partial charge >= 0.3 is 5.97 Å². The second-order valence-electron chi connectivity index (χ2n) is 3.88. The number of ether oxygens (including phenoxy) is 1. The van der Waals surface area contributed by atoms with Crippen LogP contribution in [-0.2, 0) is 16.0 Å². The fourth-order valence-corrected chi connectivity index (χ4v) is 1.53. The van der Waals surface area contributed by atoms with Gasteiger partial charge in [0.25, 0.3) is 0 Å². The van der Waals surface area contributed by atoms with Gasteiger partial charge in [-0.3, -0.25) is 4.79 Å². The second kappa shape index (κ2) is 4.82. The average molecular weight is 230 g/mol. The molecule has 0 bridgehead atoms. The number of nitrogens with zero attached hydrogens (tertiary/aromatic N) is 2. The molecule has 0 spiro atoms. The molecular weight excluding hydrogens is 216 g/mol. The highest BCUT2D eigenvalue weighted by Crippen LogP contribution is 2.10.